The maximum Gasteiger partial charge on any atom is 0.318 e. The average Bonchev–Trinajstić information content (AvgIpc) is 3.14. The van der Waals surface area contributed by atoms with Crippen LogP contribution in [-0.2, 0) is 0 Å². The number of piperidine rings is 1. The van der Waals surface area contributed by atoms with Gasteiger partial charge in [0.25, 0.3) is 5.89 Å². The summed E-state index contributed by atoms with van der Waals surface area (Å²) in [4.78, 5) is 4.83. The summed E-state index contributed by atoms with van der Waals surface area (Å²) in [7, 11) is 0. The van der Waals surface area contributed by atoms with Crippen molar-refractivity contribution < 1.29 is 4.42 Å². The first-order valence-electron chi connectivity index (χ1n) is 8.26. The molecule has 2 bridgehead atoms. The van der Waals surface area contributed by atoms with Crippen molar-refractivity contribution in [1.29, 1.82) is 0 Å². The predicted molar refractivity (Wildman–Crippen MR) is 87.5 cm³/mol. The molecule has 0 aromatic carbocycles. The third kappa shape index (κ3) is 2.21. The van der Waals surface area contributed by atoms with Crippen LogP contribution in [0.4, 0.5) is 6.01 Å². The van der Waals surface area contributed by atoms with Gasteiger partial charge in [0.1, 0.15) is 0 Å². The Morgan fingerprint density at radius 1 is 1.04 bits per heavy atom. The zero-order valence-corrected chi connectivity index (χ0v) is 12.9. The van der Waals surface area contributed by atoms with Crippen molar-refractivity contribution in [3.63, 3.8) is 0 Å². The lowest BCUT2D eigenvalue weighted by Crippen LogP contribution is -2.38. The van der Waals surface area contributed by atoms with E-state index in [4.69, 9.17) is 4.42 Å². The predicted octanol–water partition coefficient (Wildman–Crippen LogP) is 2.27. The summed E-state index contributed by atoms with van der Waals surface area (Å²) in [6, 6.07) is 9.40. The van der Waals surface area contributed by atoms with Crippen molar-refractivity contribution in [3.05, 3.63) is 36.7 Å². The molecule has 6 nitrogen and oxygen atoms in total. The first kappa shape index (κ1) is 13.1. The maximum atomic E-state index is 6.02. The first-order valence-corrected chi connectivity index (χ1v) is 8.26. The summed E-state index contributed by atoms with van der Waals surface area (Å²) in [5.74, 6) is 0.600. The molecule has 0 atom stereocenters. The van der Waals surface area contributed by atoms with Gasteiger partial charge in [-0.3, -0.25) is 0 Å². The highest BCUT2D eigenvalue weighted by Crippen LogP contribution is 2.29. The Bertz CT molecular complexity index is 797. The van der Waals surface area contributed by atoms with Crippen LogP contribution in [0.5, 0.6) is 0 Å². The SMILES string of the molecule is c1ccn2cc(-c3nnc(N4CCN5CCC4CC5)o3)cc2c1. The largest absolute Gasteiger partial charge is 0.403 e. The topological polar surface area (TPSA) is 49.8 Å². The molecular weight excluding hydrogens is 290 g/mol. The molecule has 0 amide bonds. The lowest BCUT2D eigenvalue weighted by molar-refractivity contribution is 0.249. The van der Waals surface area contributed by atoms with Gasteiger partial charge in [0.05, 0.1) is 5.56 Å². The third-order valence-corrected chi connectivity index (χ3v) is 5.07. The second-order valence-electron chi connectivity index (χ2n) is 6.42. The van der Waals surface area contributed by atoms with E-state index in [-0.39, 0.29) is 0 Å². The van der Waals surface area contributed by atoms with Gasteiger partial charge in [0.2, 0.25) is 0 Å². The van der Waals surface area contributed by atoms with Crippen LogP contribution in [-0.4, -0.2) is 51.7 Å². The number of hydrogen-bond donors (Lipinski definition) is 0. The first-order chi connectivity index (χ1) is 11.4. The highest BCUT2D eigenvalue weighted by molar-refractivity contribution is 5.64. The molecule has 0 radical (unpaired) electrons. The summed E-state index contributed by atoms with van der Waals surface area (Å²) in [6.45, 7) is 4.44. The highest BCUT2D eigenvalue weighted by Gasteiger charge is 2.31. The van der Waals surface area contributed by atoms with Gasteiger partial charge in [-0.2, -0.15) is 0 Å². The van der Waals surface area contributed by atoms with E-state index < -0.39 is 0 Å². The summed E-state index contributed by atoms with van der Waals surface area (Å²) >= 11 is 0. The number of hydrogen-bond acceptors (Lipinski definition) is 5. The second kappa shape index (κ2) is 5.09. The minimum absolute atomic E-state index is 0.537. The van der Waals surface area contributed by atoms with Crippen LogP contribution < -0.4 is 4.90 Å². The highest BCUT2D eigenvalue weighted by atomic mass is 16.4. The molecule has 3 aromatic rings. The number of pyridine rings is 1. The minimum atomic E-state index is 0.537. The van der Waals surface area contributed by atoms with Crippen LogP contribution >= 0.6 is 0 Å². The molecule has 0 aliphatic carbocycles. The standard InChI is InChI=1S/C17H19N5O/c1-2-6-21-12-13(11-15(21)3-1)16-18-19-17(23-16)22-10-9-20-7-4-14(22)5-8-20/h1-3,6,11-12,14H,4-5,7-10H2. The lowest BCUT2D eigenvalue weighted by Gasteiger charge is -2.29. The summed E-state index contributed by atoms with van der Waals surface area (Å²) in [6.07, 6.45) is 6.44. The summed E-state index contributed by atoms with van der Waals surface area (Å²) in [5.41, 5.74) is 2.10. The molecule has 6 heterocycles. The minimum Gasteiger partial charge on any atom is -0.403 e. The molecule has 3 aliphatic heterocycles. The quantitative estimate of drug-likeness (QED) is 0.727. The molecule has 3 aromatic heterocycles. The number of nitrogens with zero attached hydrogens (tertiary/aromatic N) is 5. The van der Waals surface area contributed by atoms with Crippen molar-refractivity contribution in [3.8, 4) is 11.5 Å². The van der Waals surface area contributed by atoms with Crippen LogP contribution in [0.2, 0.25) is 0 Å². The molecule has 3 fully saturated rings. The number of aromatic nitrogens is 3. The Labute approximate surface area is 134 Å². The zero-order chi connectivity index (χ0) is 15.2. The molecule has 3 saturated heterocycles. The van der Waals surface area contributed by atoms with Crippen molar-refractivity contribution in [2.75, 3.05) is 31.1 Å². The lowest BCUT2D eigenvalue weighted by atomic mass is 10.1. The van der Waals surface area contributed by atoms with Gasteiger partial charge >= 0.3 is 6.01 Å². The molecule has 0 unspecified atom stereocenters. The van der Waals surface area contributed by atoms with Gasteiger partial charge in [0.15, 0.2) is 0 Å². The van der Waals surface area contributed by atoms with E-state index in [9.17, 15) is 0 Å². The van der Waals surface area contributed by atoms with Crippen LogP contribution in [0, 0.1) is 0 Å². The Kier molecular flexibility index (Phi) is 2.91. The summed E-state index contributed by atoms with van der Waals surface area (Å²) in [5, 5.41) is 8.61. The van der Waals surface area contributed by atoms with E-state index in [1.165, 1.54) is 25.9 Å². The Hall–Kier alpha value is -2.34. The molecular formula is C17H19N5O. The van der Waals surface area contributed by atoms with Crippen LogP contribution in [0.3, 0.4) is 0 Å². The smallest absolute Gasteiger partial charge is 0.318 e. The zero-order valence-electron chi connectivity index (χ0n) is 12.9. The fraction of sp³-hybridized carbons (Fsp3) is 0.412. The molecule has 0 spiro atoms. The van der Waals surface area contributed by atoms with Crippen LogP contribution in [0.15, 0.2) is 41.1 Å². The summed E-state index contributed by atoms with van der Waals surface area (Å²) < 4.78 is 8.09. The monoisotopic (exact) mass is 309 g/mol. The van der Waals surface area contributed by atoms with Crippen molar-refractivity contribution in [1.82, 2.24) is 19.5 Å². The van der Waals surface area contributed by atoms with E-state index >= 15 is 0 Å². The number of fused-ring (bicyclic) bond motifs is 5. The van der Waals surface area contributed by atoms with Gasteiger partial charge in [-0.15, -0.1) is 5.10 Å². The Balaban J connectivity index is 1.47. The van der Waals surface area contributed by atoms with Gasteiger partial charge in [-0.25, -0.2) is 0 Å². The molecule has 0 saturated carbocycles. The normalized spacial score (nSPS) is 24.3. The number of rotatable bonds is 2. The van der Waals surface area contributed by atoms with Crippen LogP contribution in [0.25, 0.3) is 17.0 Å². The maximum absolute atomic E-state index is 6.02. The third-order valence-electron chi connectivity index (χ3n) is 5.07. The molecule has 3 aliphatic rings. The van der Waals surface area contributed by atoms with Gasteiger partial charge < -0.3 is 18.6 Å². The van der Waals surface area contributed by atoms with Gasteiger partial charge in [0, 0.05) is 50.1 Å². The second-order valence-corrected chi connectivity index (χ2v) is 6.42. The van der Waals surface area contributed by atoms with Crippen LogP contribution in [0.1, 0.15) is 12.8 Å². The molecule has 0 N–H and O–H groups in total. The van der Waals surface area contributed by atoms with Crippen molar-refractivity contribution in [2.24, 2.45) is 0 Å². The van der Waals surface area contributed by atoms with Gasteiger partial charge in [-0.1, -0.05) is 11.2 Å². The van der Waals surface area contributed by atoms with E-state index in [1.807, 2.05) is 24.5 Å². The molecule has 6 rings (SSSR count). The van der Waals surface area contributed by atoms with E-state index in [0.717, 1.165) is 24.2 Å². The van der Waals surface area contributed by atoms with Crippen molar-refractivity contribution >= 4 is 11.5 Å². The van der Waals surface area contributed by atoms with Crippen molar-refractivity contribution in [2.45, 2.75) is 18.9 Å². The fourth-order valence-electron chi connectivity index (χ4n) is 3.76. The van der Waals surface area contributed by atoms with E-state index in [2.05, 4.69) is 36.5 Å². The molecule has 6 heteroatoms. The number of anilines is 1. The van der Waals surface area contributed by atoms with E-state index in [1.54, 1.807) is 0 Å². The fourth-order valence-corrected chi connectivity index (χ4v) is 3.76. The van der Waals surface area contributed by atoms with Gasteiger partial charge in [-0.05, 0) is 31.0 Å². The molecule has 118 valence electrons. The average molecular weight is 309 g/mol. The Morgan fingerprint density at radius 3 is 2.83 bits per heavy atom. The van der Waals surface area contributed by atoms with E-state index in [0.29, 0.717) is 17.9 Å². The molecule has 23 heavy (non-hydrogen) atoms. The Morgan fingerprint density at radius 2 is 1.96 bits per heavy atom.